The van der Waals surface area contributed by atoms with E-state index < -0.39 is 45.9 Å². The SMILES string of the molecule is Cc1ccc(CNC(=O)c2nc(-c3c(F)cccc3F)n(C)c(=O)c2O)cc1Cl. The number of amides is 1. The molecule has 0 fully saturated rings. The van der Waals surface area contributed by atoms with Crippen LogP contribution < -0.4 is 10.9 Å². The van der Waals surface area contributed by atoms with Gasteiger partial charge in [0.2, 0.25) is 5.75 Å². The van der Waals surface area contributed by atoms with Crippen LogP contribution in [0.1, 0.15) is 21.6 Å². The third kappa shape index (κ3) is 3.97. The van der Waals surface area contributed by atoms with Crippen molar-refractivity contribution >= 4 is 17.5 Å². The van der Waals surface area contributed by atoms with Crippen LogP contribution in [0.25, 0.3) is 11.4 Å². The zero-order chi connectivity index (χ0) is 21.3. The van der Waals surface area contributed by atoms with Gasteiger partial charge in [-0.15, -0.1) is 0 Å². The lowest BCUT2D eigenvalue weighted by Gasteiger charge is -2.13. The van der Waals surface area contributed by atoms with Gasteiger partial charge < -0.3 is 10.4 Å². The van der Waals surface area contributed by atoms with Crippen LogP contribution in [-0.4, -0.2) is 20.6 Å². The number of aromatic nitrogens is 2. The zero-order valence-corrected chi connectivity index (χ0v) is 16.2. The van der Waals surface area contributed by atoms with Crippen LogP contribution in [0, 0.1) is 18.6 Å². The minimum atomic E-state index is -1.01. The molecular weight excluding hydrogens is 404 g/mol. The minimum Gasteiger partial charge on any atom is -0.501 e. The Hall–Kier alpha value is -3.26. The number of halogens is 3. The molecule has 0 saturated heterocycles. The summed E-state index contributed by atoms with van der Waals surface area (Å²) in [4.78, 5) is 28.7. The second kappa shape index (κ2) is 8.00. The number of nitrogens with zero attached hydrogens (tertiary/aromatic N) is 2. The third-order valence-corrected chi connectivity index (χ3v) is 4.76. The molecular formula is C20H16ClF2N3O3. The number of carbonyl (C=O) groups excluding carboxylic acids is 1. The molecule has 1 amide bonds. The number of aromatic hydroxyl groups is 1. The number of hydrogen-bond acceptors (Lipinski definition) is 4. The van der Waals surface area contributed by atoms with E-state index >= 15 is 0 Å². The van der Waals surface area contributed by atoms with Crippen molar-refractivity contribution in [2.24, 2.45) is 7.05 Å². The molecule has 1 heterocycles. The van der Waals surface area contributed by atoms with Gasteiger partial charge in [-0.3, -0.25) is 14.2 Å². The minimum absolute atomic E-state index is 0.0402. The van der Waals surface area contributed by atoms with E-state index in [-0.39, 0.29) is 6.54 Å². The molecule has 0 aliphatic rings. The Morgan fingerprint density at radius 2 is 1.90 bits per heavy atom. The standard InChI is InChI=1S/C20H16ClF2N3O3/c1-10-6-7-11(8-12(10)21)9-24-19(28)16-17(27)20(29)26(2)18(25-16)15-13(22)4-3-5-14(15)23/h3-8,27H,9H2,1-2H3,(H,24,28). The highest BCUT2D eigenvalue weighted by molar-refractivity contribution is 6.31. The van der Waals surface area contributed by atoms with Crippen molar-refractivity contribution in [2.75, 3.05) is 0 Å². The normalized spacial score (nSPS) is 10.8. The van der Waals surface area contributed by atoms with Gasteiger partial charge in [-0.05, 0) is 36.2 Å². The Bertz CT molecular complexity index is 1160. The fourth-order valence-electron chi connectivity index (χ4n) is 2.70. The van der Waals surface area contributed by atoms with Gasteiger partial charge in [-0.1, -0.05) is 29.8 Å². The summed E-state index contributed by atoms with van der Waals surface area (Å²) in [6.45, 7) is 1.87. The summed E-state index contributed by atoms with van der Waals surface area (Å²) in [5.41, 5.74) is -0.682. The van der Waals surface area contributed by atoms with Crippen molar-refractivity contribution in [3.63, 3.8) is 0 Å². The van der Waals surface area contributed by atoms with Gasteiger partial charge in [-0.25, -0.2) is 13.8 Å². The molecule has 0 aliphatic carbocycles. The summed E-state index contributed by atoms with van der Waals surface area (Å²) in [5, 5.41) is 13.1. The molecule has 0 atom stereocenters. The first-order valence-electron chi connectivity index (χ1n) is 8.48. The molecule has 1 aromatic heterocycles. The molecule has 3 aromatic rings. The molecule has 0 spiro atoms. The van der Waals surface area contributed by atoms with Crippen molar-refractivity contribution in [1.29, 1.82) is 0 Å². The van der Waals surface area contributed by atoms with Crippen LogP contribution in [0.15, 0.2) is 41.2 Å². The Morgan fingerprint density at radius 1 is 1.24 bits per heavy atom. The largest absolute Gasteiger partial charge is 0.501 e. The molecule has 0 aliphatic heterocycles. The first-order valence-corrected chi connectivity index (χ1v) is 8.86. The molecule has 29 heavy (non-hydrogen) atoms. The van der Waals surface area contributed by atoms with Gasteiger partial charge in [0.1, 0.15) is 17.5 Å². The van der Waals surface area contributed by atoms with Crippen LogP contribution in [-0.2, 0) is 13.6 Å². The number of hydrogen-bond donors (Lipinski definition) is 2. The predicted molar refractivity (Wildman–Crippen MR) is 104 cm³/mol. The second-order valence-corrected chi connectivity index (χ2v) is 6.77. The van der Waals surface area contributed by atoms with Crippen molar-refractivity contribution in [3.05, 3.63) is 80.2 Å². The first kappa shape index (κ1) is 20.5. The number of aryl methyl sites for hydroxylation is 1. The number of benzene rings is 2. The highest BCUT2D eigenvalue weighted by Gasteiger charge is 2.23. The summed E-state index contributed by atoms with van der Waals surface area (Å²) < 4.78 is 29.1. The molecule has 2 aromatic carbocycles. The van der Waals surface area contributed by atoms with E-state index in [1.165, 1.54) is 7.05 Å². The highest BCUT2D eigenvalue weighted by atomic mass is 35.5. The fraction of sp³-hybridized carbons (Fsp3) is 0.150. The lowest BCUT2D eigenvalue weighted by molar-refractivity contribution is 0.0942. The van der Waals surface area contributed by atoms with Crippen LogP contribution in [0.3, 0.4) is 0 Å². The van der Waals surface area contributed by atoms with Gasteiger partial charge in [0.15, 0.2) is 5.69 Å². The van der Waals surface area contributed by atoms with E-state index in [9.17, 15) is 23.5 Å². The fourth-order valence-corrected chi connectivity index (χ4v) is 2.90. The topological polar surface area (TPSA) is 84.2 Å². The lowest BCUT2D eigenvalue weighted by Crippen LogP contribution is -2.29. The molecule has 6 nitrogen and oxygen atoms in total. The van der Waals surface area contributed by atoms with Gasteiger partial charge in [-0.2, -0.15) is 0 Å². The summed E-state index contributed by atoms with van der Waals surface area (Å²) in [6.07, 6.45) is 0. The van der Waals surface area contributed by atoms with Crippen LogP contribution >= 0.6 is 11.6 Å². The molecule has 0 saturated carbocycles. The van der Waals surface area contributed by atoms with Crippen molar-refractivity contribution in [2.45, 2.75) is 13.5 Å². The Morgan fingerprint density at radius 3 is 2.52 bits per heavy atom. The van der Waals surface area contributed by atoms with Crippen LogP contribution in [0.4, 0.5) is 8.78 Å². The average molecular weight is 420 g/mol. The number of rotatable bonds is 4. The van der Waals surface area contributed by atoms with E-state index in [1.807, 2.05) is 6.92 Å². The summed E-state index contributed by atoms with van der Waals surface area (Å²) >= 11 is 6.05. The summed E-state index contributed by atoms with van der Waals surface area (Å²) in [7, 11) is 1.19. The highest BCUT2D eigenvalue weighted by Crippen LogP contribution is 2.25. The monoisotopic (exact) mass is 419 g/mol. The van der Waals surface area contributed by atoms with Crippen molar-refractivity contribution in [3.8, 4) is 17.1 Å². The third-order valence-electron chi connectivity index (χ3n) is 4.36. The van der Waals surface area contributed by atoms with Gasteiger partial charge >= 0.3 is 0 Å². The van der Waals surface area contributed by atoms with E-state index in [2.05, 4.69) is 10.3 Å². The van der Waals surface area contributed by atoms with Gasteiger partial charge in [0, 0.05) is 18.6 Å². The molecule has 150 valence electrons. The quantitative estimate of drug-likeness (QED) is 0.679. The zero-order valence-electron chi connectivity index (χ0n) is 15.5. The molecule has 3 rings (SSSR count). The maximum atomic E-state index is 14.2. The summed E-state index contributed by atoms with van der Waals surface area (Å²) in [6, 6.07) is 8.34. The summed E-state index contributed by atoms with van der Waals surface area (Å²) in [5.74, 6) is -4.15. The Labute approximate surface area is 169 Å². The van der Waals surface area contributed by atoms with Gasteiger partial charge in [0.05, 0.1) is 5.56 Å². The lowest BCUT2D eigenvalue weighted by atomic mass is 10.1. The van der Waals surface area contributed by atoms with Crippen LogP contribution in [0.2, 0.25) is 5.02 Å². The van der Waals surface area contributed by atoms with E-state index in [4.69, 9.17) is 11.6 Å². The molecule has 0 bridgehead atoms. The second-order valence-electron chi connectivity index (χ2n) is 6.36. The predicted octanol–water partition coefficient (Wildman–Crippen LogP) is 3.32. The molecule has 0 radical (unpaired) electrons. The first-order chi connectivity index (χ1) is 13.7. The van der Waals surface area contributed by atoms with E-state index in [0.29, 0.717) is 10.6 Å². The molecule has 0 unspecified atom stereocenters. The smallest absolute Gasteiger partial charge is 0.296 e. The number of nitrogens with one attached hydrogen (secondary N) is 1. The van der Waals surface area contributed by atoms with Crippen LogP contribution in [0.5, 0.6) is 5.75 Å². The van der Waals surface area contributed by atoms with Gasteiger partial charge in [0.25, 0.3) is 11.5 Å². The Balaban J connectivity index is 1.99. The van der Waals surface area contributed by atoms with Crippen molar-refractivity contribution < 1.29 is 18.7 Å². The molecule has 9 heteroatoms. The Kier molecular flexibility index (Phi) is 5.65. The number of carbonyl (C=O) groups is 1. The van der Waals surface area contributed by atoms with E-state index in [1.54, 1.807) is 18.2 Å². The van der Waals surface area contributed by atoms with E-state index in [0.717, 1.165) is 28.3 Å². The van der Waals surface area contributed by atoms with Crippen molar-refractivity contribution in [1.82, 2.24) is 14.9 Å². The average Bonchev–Trinajstić information content (AvgIpc) is 2.68. The molecule has 2 N–H and O–H groups in total. The maximum Gasteiger partial charge on any atom is 0.296 e. The maximum absolute atomic E-state index is 14.2.